The van der Waals surface area contributed by atoms with E-state index in [1.807, 2.05) is 0 Å². The fourth-order valence-corrected chi connectivity index (χ4v) is 2.43. The van der Waals surface area contributed by atoms with Crippen molar-refractivity contribution in [1.82, 2.24) is 4.98 Å². The van der Waals surface area contributed by atoms with Crippen LogP contribution in [0.2, 0.25) is 5.02 Å². The van der Waals surface area contributed by atoms with E-state index < -0.39 is 17.8 Å². The maximum absolute atomic E-state index is 13.1. The normalized spacial score (nSPS) is 31.2. The third-order valence-electron chi connectivity index (χ3n) is 3.42. The number of hydrogen-bond donors (Lipinski definition) is 2. The summed E-state index contributed by atoms with van der Waals surface area (Å²) in [6.45, 7) is 0. The van der Waals surface area contributed by atoms with E-state index in [1.165, 1.54) is 0 Å². The lowest BCUT2D eigenvalue weighted by atomic mass is 9.78. The molecule has 1 unspecified atom stereocenters. The highest BCUT2D eigenvalue weighted by atomic mass is 35.5. The van der Waals surface area contributed by atoms with Gasteiger partial charge in [-0.3, -0.25) is 4.98 Å². The van der Waals surface area contributed by atoms with E-state index in [2.05, 4.69) is 4.98 Å². The molecule has 2 rings (SSSR count). The van der Waals surface area contributed by atoms with Gasteiger partial charge in [0.15, 0.2) is 0 Å². The first kappa shape index (κ1) is 12.7. The standard InChI is InChI=1S/C12H16ClFN2O/c13-8-3-6-16-10(7-8)11(15)12(17)4-1-9(14)2-5-12/h3,6-7,9,11,17H,1-2,4-5,15H2/t9-,11?,12+. The fraction of sp³-hybridized carbons (Fsp3) is 0.583. The predicted octanol–water partition coefficient (Wildman–Crippen LogP) is 2.38. The van der Waals surface area contributed by atoms with Gasteiger partial charge in [-0.05, 0) is 37.8 Å². The van der Waals surface area contributed by atoms with Crippen LogP contribution in [-0.4, -0.2) is 21.9 Å². The highest BCUT2D eigenvalue weighted by molar-refractivity contribution is 6.30. The number of alkyl halides is 1. The molecular weight excluding hydrogens is 243 g/mol. The Kier molecular flexibility index (Phi) is 3.66. The molecule has 94 valence electrons. The van der Waals surface area contributed by atoms with E-state index in [4.69, 9.17) is 17.3 Å². The molecule has 1 aromatic rings. The fourth-order valence-electron chi connectivity index (χ4n) is 2.26. The van der Waals surface area contributed by atoms with Crippen LogP contribution in [-0.2, 0) is 0 Å². The Morgan fingerprint density at radius 3 is 2.76 bits per heavy atom. The van der Waals surface area contributed by atoms with E-state index in [-0.39, 0.29) is 0 Å². The highest BCUT2D eigenvalue weighted by Crippen LogP contribution is 2.37. The van der Waals surface area contributed by atoms with Gasteiger partial charge >= 0.3 is 0 Å². The Labute approximate surface area is 105 Å². The quantitative estimate of drug-likeness (QED) is 0.856. The summed E-state index contributed by atoms with van der Waals surface area (Å²) < 4.78 is 13.1. The summed E-state index contributed by atoms with van der Waals surface area (Å²) in [4.78, 5) is 4.12. The van der Waals surface area contributed by atoms with Gasteiger partial charge in [0, 0.05) is 11.2 Å². The molecular formula is C12H16ClFN2O. The first-order valence-electron chi connectivity index (χ1n) is 5.75. The number of pyridine rings is 1. The molecule has 1 atom stereocenters. The lowest BCUT2D eigenvalue weighted by molar-refractivity contribution is -0.0373. The third kappa shape index (κ3) is 2.76. The van der Waals surface area contributed by atoms with E-state index in [1.54, 1.807) is 18.3 Å². The van der Waals surface area contributed by atoms with Gasteiger partial charge in [0.05, 0.1) is 17.3 Å². The molecule has 1 aliphatic carbocycles. The monoisotopic (exact) mass is 258 g/mol. The molecule has 0 radical (unpaired) electrons. The molecule has 1 saturated carbocycles. The summed E-state index contributed by atoms with van der Waals surface area (Å²) in [5.41, 5.74) is 5.51. The van der Waals surface area contributed by atoms with Crippen LogP contribution < -0.4 is 5.73 Å². The Morgan fingerprint density at radius 1 is 1.53 bits per heavy atom. The third-order valence-corrected chi connectivity index (χ3v) is 3.66. The van der Waals surface area contributed by atoms with Crippen molar-refractivity contribution in [1.29, 1.82) is 0 Å². The number of aliphatic hydroxyl groups is 1. The van der Waals surface area contributed by atoms with Crippen molar-refractivity contribution >= 4 is 11.6 Å². The Hall–Kier alpha value is -0.710. The zero-order chi connectivity index (χ0) is 12.5. The van der Waals surface area contributed by atoms with Crippen LogP contribution in [0.4, 0.5) is 4.39 Å². The minimum absolute atomic E-state index is 0.352. The number of nitrogens with two attached hydrogens (primary N) is 1. The van der Waals surface area contributed by atoms with Crippen LogP contribution in [0.1, 0.15) is 37.4 Å². The second-order valence-electron chi connectivity index (χ2n) is 4.65. The Morgan fingerprint density at radius 2 is 2.18 bits per heavy atom. The van der Waals surface area contributed by atoms with Crippen LogP contribution in [0.3, 0.4) is 0 Å². The van der Waals surface area contributed by atoms with Crippen molar-refractivity contribution in [3.05, 3.63) is 29.0 Å². The maximum Gasteiger partial charge on any atom is 0.100 e. The van der Waals surface area contributed by atoms with Gasteiger partial charge in [-0.15, -0.1) is 0 Å². The van der Waals surface area contributed by atoms with Gasteiger partial charge in [0.1, 0.15) is 6.17 Å². The zero-order valence-electron chi connectivity index (χ0n) is 9.44. The Balaban J connectivity index is 2.16. The molecule has 0 spiro atoms. The van der Waals surface area contributed by atoms with Crippen LogP contribution in [0.5, 0.6) is 0 Å². The summed E-state index contributed by atoms with van der Waals surface area (Å²) in [7, 11) is 0. The molecule has 0 saturated heterocycles. The second-order valence-corrected chi connectivity index (χ2v) is 5.09. The number of halogens is 2. The molecule has 1 aliphatic rings. The molecule has 5 heteroatoms. The highest BCUT2D eigenvalue weighted by Gasteiger charge is 2.39. The summed E-state index contributed by atoms with van der Waals surface area (Å²) in [5, 5.41) is 11.0. The molecule has 3 nitrogen and oxygen atoms in total. The molecule has 0 aromatic carbocycles. The SMILES string of the molecule is NC(c1cc(Cl)ccn1)[C@]1(O)CC[C@@H](F)CC1. The second kappa shape index (κ2) is 4.88. The molecule has 0 amide bonds. The van der Waals surface area contributed by atoms with Gasteiger partial charge in [0.2, 0.25) is 0 Å². The van der Waals surface area contributed by atoms with Gasteiger partial charge in [0.25, 0.3) is 0 Å². The maximum atomic E-state index is 13.1. The van der Waals surface area contributed by atoms with E-state index in [0.717, 1.165) is 0 Å². The molecule has 3 N–H and O–H groups in total. The zero-order valence-corrected chi connectivity index (χ0v) is 10.2. The average molecular weight is 259 g/mol. The van der Waals surface area contributed by atoms with Crippen LogP contribution >= 0.6 is 11.6 Å². The van der Waals surface area contributed by atoms with Gasteiger partial charge < -0.3 is 10.8 Å². The summed E-state index contributed by atoms with van der Waals surface area (Å²) in [6.07, 6.45) is 2.17. The molecule has 1 heterocycles. The van der Waals surface area contributed by atoms with Gasteiger partial charge in [-0.25, -0.2) is 4.39 Å². The van der Waals surface area contributed by atoms with Crippen molar-refractivity contribution < 1.29 is 9.50 Å². The van der Waals surface area contributed by atoms with Crippen LogP contribution in [0.25, 0.3) is 0 Å². The van der Waals surface area contributed by atoms with E-state index >= 15 is 0 Å². The number of nitrogens with zero attached hydrogens (tertiary/aromatic N) is 1. The van der Waals surface area contributed by atoms with Gasteiger partial charge in [-0.1, -0.05) is 11.6 Å². The van der Waals surface area contributed by atoms with Crippen molar-refractivity contribution in [3.8, 4) is 0 Å². The summed E-state index contributed by atoms with van der Waals surface area (Å²) in [6, 6.07) is 2.68. The lowest BCUT2D eigenvalue weighted by Crippen LogP contribution is -2.44. The van der Waals surface area contributed by atoms with Crippen molar-refractivity contribution in [2.45, 2.75) is 43.5 Å². The van der Waals surface area contributed by atoms with Gasteiger partial charge in [-0.2, -0.15) is 0 Å². The number of aromatic nitrogens is 1. The molecule has 0 bridgehead atoms. The molecule has 0 aliphatic heterocycles. The molecule has 17 heavy (non-hydrogen) atoms. The van der Waals surface area contributed by atoms with Crippen molar-refractivity contribution in [3.63, 3.8) is 0 Å². The van der Waals surface area contributed by atoms with Crippen LogP contribution in [0.15, 0.2) is 18.3 Å². The topological polar surface area (TPSA) is 59.1 Å². The van der Waals surface area contributed by atoms with Crippen LogP contribution in [0, 0.1) is 0 Å². The minimum atomic E-state index is -1.07. The minimum Gasteiger partial charge on any atom is -0.388 e. The smallest absolute Gasteiger partial charge is 0.100 e. The lowest BCUT2D eigenvalue weighted by Gasteiger charge is -2.37. The summed E-state index contributed by atoms with van der Waals surface area (Å²) in [5.74, 6) is 0. The Bertz CT molecular complexity index is 394. The van der Waals surface area contributed by atoms with Crippen molar-refractivity contribution in [2.75, 3.05) is 0 Å². The van der Waals surface area contributed by atoms with Crippen molar-refractivity contribution in [2.24, 2.45) is 5.73 Å². The largest absolute Gasteiger partial charge is 0.388 e. The predicted molar refractivity (Wildman–Crippen MR) is 64.5 cm³/mol. The first-order chi connectivity index (χ1) is 8.01. The molecule has 1 aromatic heterocycles. The average Bonchev–Trinajstić information content (AvgIpc) is 2.32. The van der Waals surface area contributed by atoms with E-state index in [0.29, 0.717) is 36.4 Å². The number of hydrogen-bond acceptors (Lipinski definition) is 3. The van der Waals surface area contributed by atoms with E-state index in [9.17, 15) is 9.50 Å². The molecule has 1 fully saturated rings. The number of rotatable bonds is 2. The first-order valence-corrected chi connectivity index (χ1v) is 6.12. The summed E-state index contributed by atoms with van der Waals surface area (Å²) >= 11 is 5.86.